The normalized spacial score (nSPS) is 14.3. The standard InChI is InChI=1S/C21H25N5O4S/c1-3-4-9-26-19(27)17-16(22-21(26)29)18(31-23-17)20(28)25-12-10-24(11-13-25)14-5-7-15(30-2)8-6-14/h5-8H,3-4,9-13H2,1-2H3,(H,22,29). The number of benzene rings is 1. The van der Waals surface area contributed by atoms with Crippen LogP contribution in [0.1, 0.15) is 29.4 Å². The molecule has 0 radical (unpaired) electrons. The van der Waals surface area contributed by atoms with Crippen LogP contribution in [0.5, 0.6) is 5.75 Å². The molecule has 3 aromatic rings. The van der Waals surface area contributed by atoms with E-state index < -0.39 is 11.2 Å². The molecule has 31 heavy (non-hydrogen) atoms. The molecular formula is C21H25N5O4S. The molecule has 3 heterocycles. The van der Waals surface area contributed by atoms with Crippen molar-refractivity contribution in [2.45, 2.75) is 26.3 Å². The van der Waals surface area contributed by atoms with E-state index in [1.54, 1.807) is 12.0 Å². The summed E-state index contributed by atoms with van der Waals surface area (Å²) in [4.78, 5) is 45.1. The zero-order valence-corrected chi connectivity index (χ0v) is 18.4. The van der Waals surface area contributed by atoms with Crippen LogP contribution in [0.4, 0.5) is 5.69 Å². The van der Waals surface area contributed by atoms with E-state index in [1.807, 2.05) is 31.2 Å². The van der Waals surface area contributed by atoms with Gasteiger partial charge in [0.1, 0.15) is 10.6 Å². The Kier molecular flexibility index (Phi) is 6.08. The summed E-state index contributed by atoms with van der Waals surface area (Å²) in [5.74, 6) is 0.598. The van der Waals surface area contributed by atoms with Gasteiger partial charge in [0.2, 0.25) is 0 Å². The zero-order valence-electron chi connectivity index (χ0n) is 17.6. The number of aromatic amines is 1. The number of piperazine rings is 1. The van der Waals surface area contributed by atoms with Crippen molar-refractivity contribution in [3.8, 4) is 5.75 Å². The van der Waals surface area contributed by atoms with E-state index in [2.05, 4.69) is 14.3 Å². The number of amides is 1. The summed E-state index contributed by atoms with van der Waals surface area (Å²) < 4.78 is 10.6. The third kappa shape index (κ3) is 4.07. The molecule has 1 fully saturated rings. The number of methoxy groups -OCH3 is 1. The third-order valence-corrected chi connectivity index (χ3v) is 6.39. The largest absolute Gasteiger partial charge is 0.497 e. The highest BCUT2D eigenvalue weighted by atomic mass is 32.1. The highest BCUT2D eigenvalue weighted by Crippen LogP contribution is 2.23. The first kappa shape index (κ1) is 21.1. The number of rotatable bonds is 6. The quantitative estimate of drug-likeness (QED) is 0.625. The molecule has 0 aliphatic carbocycles. The van der Waals surface area contributed by atoms with Crippen molar-refractivity contribution in [1.29, 1.82) is 0 Å². The fourth-order valence-electron chi connectivity index (χ4n) is 3.72. The Hall–Kier alpha value is -3.14. The summed E-state index contributed by atoms with van der Waals surface area (Å²) in [5.41, 5.74) is 0.542. The molecule has 9 nitrogen and oxygen atoms in total. The minimum absolute atomic E-state index is 0.154. The fourth-order valence-corrected chi connectivity index (χ4v) is 4.51. The molecule has 164 valence electrons. The first-order chi connectivity index (χ1) is 15.0. The maximum atomic E-state index is 13.1. The minimum atomic E-state index is -0.496. The number of carbonyl (C=O) groups excluding carboxylic acids is 1. The number of nitrogens with one attached hydrogen (secondary N) is 1. The first-order valence-corrected chi connectivity index (χ1v) is 11.1. The average Bonchev–Trinajstić information content (AvgIpc) is 3.22. The Morgan fingerprint density at radius 3 is 2.52 bits per heavy atom. The number of unbranched alkanes of at least 4 members (excludes halogenated alkanes) is 1. The molecule has 0 atom stereocenters. The highest BCUT2D eigenvalue weighted by Gasteiger charge is 2.27. The monoisotopic (exact) mass is 443 g/mol. The molecule has 1 aliphatic rings. The maximum absolute atomic E-state index is 13.1. The van der Waals surface area contributed by atoms with E-state index in [1.165, 1.54) is 0 Å². The number of H-pyrrole nitrogens is 1. The van der Waals surface area contributed by atoms with Crippen LogP contribution in [0.3, 0.4) is 0 Å². The van der Waals surface area contributed by atoms with Gasteiger partial charge in [-0.05, 0) is 42.2 Å². The van der Waals surface area contributed by atoms with Crippen molar-refractivity contribution in [2.24, 2.45) is 0 Å². The van der Waals surface area contributed by atoms with Crippen LogP contribution in [0.2, 0.25) is 0 Å². The van der Waals surface area contributed by atoms with Crippen LogP contribution in [0, 0.1) is 0 Å². The Morgan fingerprint density at radius 1 is 1.16 bits per heavy atom. The summed E-state index contributed by atoms with van der Waals surface area (Å²) >= 11 is 0.969. The second-order valence-corrected chi connectivity index (χ2v) is 8.23. The average molecular weight is 444 g/mol. The van der Waals surface area contributed by atoms with E-state index in [4.69, 9.17) is 4.74 Å². The second-order valence-electron chi connectivity index (χ2n) is 7.45. The molecule has 1 saturated heterocycles. The van der Waals surface area contributed by atoms with Gasteiger partial charge in [-0.1, -0.05) is 13.3 Å². The van der Waals surface area contributed by atoms with Crippen LogP contribution in [0.15, 0.2) is 33.9 Å². The van der Waals surface area contributed by atoms with Gasteiger partial charge in [0, 0.05) is 38.4 Å². The Bertz CT molecular complexity index is 1190. The molecule has 0 bridgehead atoms. The predicted octanol–water partition coefficient (Wildman–Crippen LogP) is 1.92. The van der Waals surface area contributed by atoms with Crippen LogP contribution in [-0.4, -0.2) is 58.0 Å². The minimum Gasteiger partial charge on any atom is -0.497 e. The number of nitrogens with zero attached hydrogens (tertiary/aromatic N) is 4. The van der Waals surface area contributed by atoms with Crippen molar-refractivity contribution in [3.05, 3.63) is 50.0 Å². The van der Waals surface area contributed by atoms with E-state index in [-0.39, 0.29) is 16.9 Å². The van der Waals surface area contributed by atoms with Gasteiger partial charge in [0.15, 0.2) is 5.52 Å². The lowest BCUT2D eigenvalue weighted by Gasteiger charge is -2.36. The molecule has 1 N–H and O–H groups in total. The number of aromatic nitrogens is 3. The van der Waals surface area contributed by atoms with Gasteiger partial charge >= 0.3 is 5.69 Å². The molecule has 2 aromatic heterocycles. The number of anilines is 1. The lowest BCUT2D eigenvalue weighted by atomic mass is 10.2. The molecule has 1 amide bonds. The van der Waals surface area contributed by atoms with Gasteiger partial charge in [-0.15, -0.1) is 0 Å². The number of hydrogen-bond donors (Lipinski definition) is 1. The summed E-state index contributed by atoms with van der Waals surface area (Å²) in [5, 5.41) is 0. The van der Waals surface area contributed by atoms with Crippen molar-refractivity contribution in [1.82, 2.24) is 18.8 Å². The highest BCUT2D eigenvalue weighted by molar-refractivity contribution is 7.09. The van der Waals surface area contributed by atoms with Crippen LogP contribution >= 0.6 is 11.5 Å². The van der Waals surface area contributed by atoms with E-state index in [0.29, 0.717) is 37.6 Å². The van der Waals surface area contributed by atoms with Crippen molar-refractivity contribution in [3.63, 3.8) is 0 Å². The Morgan fingerprint density at radius 2 is 1.87 bits per heavy atom. The van der Waals surface area contributed by atoms with Gasteiger partial charge in [-0.3, -0.25) is 14.2 Å². The van der Waals surface area contributed by atoms with E-state index in [9.17, 15) is 14.4 Å². The van der Waals surface area contributed by atoms with Gasteiger partial charge in [0.25, 0.3) is 11.5 Å². The van der Waals surface area contributed by atoms with Crippen LogP contribution in [0.25, 0.3) is 11.0 Å². The van der Waals surface area contributed by atoms with Gasteiger partial charge in [-0.2, -0.15) is 4.37 Å². The molecule has 0 unspecified atom stereocenters. The topological polar surface area (TPSA) is 101 Å². The van der Waals surface area contributed by atoms with Gasteiger partial charge in [0.05, 0.1) is 12.6 Å². The molecular weight excluding hydrogens is 418 g/mol. The van der Waals surface area contributed by atoms with Gasteiger partial charge < -0.3 is 19.5 Å². The number of fused-ring (bicyclic) bond motifs is 1. The van der Waals surface area contributed by atoms with E-state index >= 15 is 0 Å². The summed E-state index contributed by atoms with van der Waals surface area (Å²) in [6, 6.07) is 7.84. The van der Waals surface area contributed by atoms with Crippen LogP contribution < -0.4 is 20.9 Å². The Balaban J connectivity index is 1.51. The van der Waals surface area contributed by atoms with Crippen molar-refractivity contribution >= 4 is 34.2 Å². The molecule has 1 aromatic carbocycles. The van der Waals surface area contributed by atoms with E-state index in [0.717, 1.165) is 40.4 Å². The molecule has 1 aliphatic heterocycles. The molecule has 10 heteroatoms. The predicted molar refractivity (Wildman–Crippen MR) is 121 cm³/mol. The smallest absolute Gasteiger partial charge is 0.328 e. The summed E-state index contributed by atoms with van der Waals surface area (Å²) in [7, 11) is 1.64. The summed E-state index contributed by atoms with van der Waals surface area (Å²) in [6.45, 7) is 4.80. The van der Waals surface area contributed by atoms with Crippen LogP contribution in [-0.2, 0) is 6.54 Å². The molecule has 0 spiro atoms. The Labute approximate surface area is 183 Å². The summed E-state index contributed by atoms with van der Waals surface area (Å²) in [6.07, 6.45) is 1.59. The van der Waals surface area contributed by atoms with Crippen molar-refractivity contribution < 1.29 is 9.53 Å². The van der Waals surface area contributed by atoms with Crippen molar-refractivity contribution in [2.75, 3.05) is 38.2 Å². The number of carbonyl (C=O) groups is 1. The van der Waals surface area contributed by atoms with Gasteiger partial charge in [-0.25, -0.2) is 4.79 Å². The zero-order chi connectivity index (χ0) is 22.0. The first-order valence-electron chi connectivity index (χ1n) is 10.3. The third-order valence-electron chi connectivity index (χ3n) is 5.55. The second kappa shape index (κ2) is 8.93. The SMILES string of the molecule is CCCCn1c(=O)[nH]c2c(C(=O)N3CCN(c4ccc(OC)cc4)CC3)snc2c1=O. The number of ether oxygens (including phenoxy) is 1. The fraction of sp³-hybridized carbons (Fsp3) is 0.429. The number of hydrogen-bond acceptors (Lipinski definition) is 7. The molecule has 4 rings (SSSR count). The molecule has 0 saturated carbocycles. The maximum Gasteiger partial charge on any atom is 0.328 e. The lowest BCUT2D eigenvalue weighted by Crippen LogP contribution is -2.48. The lowest BCUT2D eigenvalue weighted by molar-refractivity contribution is 0.0753.